The highest BCUT2D eigenvalue weighted by molar-refractivity contribution is 5.81. The van der Waals surface area contributed by atoms with Crippen molar-refractivity contribution >= 4 is 5.91 Å². The van der Waals surface area contributed by atoms with E-state index in [2.05, 4.69) is 30.4 Å². The summed E-state index contributed by atoms with van der Waals surface area (Å²) in [5, 5.41) is 16.2. The van der Waals surface area contributed by atoms with Crippen LogP contribution in [-0.4, -0.2) is 35.7 Å². The van der Waals surface area contributed by atoms with Gasteiger partial charge in [0.05, 0.1) is 18.2 Å². The van der Waals surface area contributed by atoms with Gasteiger partial charge in [-0.25, -0.2) is 0 Å². The molecule has 0 heterocycles. The molecule has 19 heavy (non-hydrogen) atoms. The average Bonchev–Trinajstić information content (AvgIpc) is 2.37. The van der Waals surface area contributed by atoms with Gasteiger partial charge in [0.15, 0.2) is 0 Å². The number of amides is 1. The lowest BCUT2D eigenvalue weighted by Gasteiger charge is -2.40. The summed E-state index contributed by atoms with van der Waals surface area (Å²) >= 11 is 0. The first-order valence-electron chi connectivity index (χ1n) is 6.95. The first-order chi connectivity index (χ1) is 8.78. The van der Waals surface area contributed by atoms with Crippen LogP contribution in [0.15, 0.2) is 0 Å². The number of terminal acetylenes is 1. The van der Waals surface area contributed by atoms with Gasteiger partial charge in [0.2, 0.25) is 5.91 Å². The van der Waals surface area contributed by atoms with Crippen LogP contribution in [0.4, 0.5) is 0 Å². The minimum atomic E-state index is -0.684. The Kier molecular flexibility index (Phi) is 5.39. The maximum absolute atomic E-state index is 11.6. The Morgan fingerprint density at radius 3 is 2.47 bits per heavy atom. The molecular formula is C15H26N2O2. The Morgan fingerprint density at radius 2 is 1.95 bits per heavy atom. The van der Waals surface area contributed by atoms with Gasteiger partial charge >= 0.3 is 0 Å². The molecule has 0 bridgehead atoms. The highest BCUT2D eigenvalue weighted by atomic mass is 16.3. The van der Waals surface area contributed by atoms with Crippen molar-refractivity contribution in [3.8, 4) is 12.3 Å². The van der Waals surface area contributed by atoms with Crippen LogP contribution < -0.4 is 10.6 Å². The van der Waals surface area contributed by atoms with Crippen molar-refractivity contribution < 1.29 is 9.90 Å². The zero-order valence-corrected chi connectivity index (χ0v) is 12.3. The number of hydrogen-bond donors (Lipinski definition) is 3. The second-order valence-electron chi connectivity index (χ2n) is 6.41. The quantitative estimate of drug-likeness (QED) is 0.652. The Bertz CT molecular complexity index is 348. The van der Waals surface area contributed by atoms with Crippen LogP contribution in [0.3, 0.4) is 0 Å². The van der Waals surface area contributed by atoms with E-state index >= 15 is 0 Å². The molecule has 1 unspecified atom stereocenters. The van der Waals surface area contributed by atoms with Gasteiger partial charge in [0, 0.05) is 6.54 Å². The summed E-state index contributed by atoms with van der Waals surface area (Å²) in [6.45, 7) is 6.94. The van der Waals surface area contributed by atoms with Gasteiger partial charge in [-0.3, -0.25) is 4.79 Å². The minimum absolute atomic E-state index is 0.127. The molecule has 1 atom stereocenters. The van der Waals surface area contributed by atoms with Crippen LogP contribution in [-0.2, 0) is 4.79 Å². The molecular weight excluding hydrogens is 240 g/mol. The van der Waals surface area contributed by atoms with Gasteiger partial charge in [-0.15, -0.1) is 6.42 Å². The van der Waals surface area contributed by atoms with E-state index in [1.54, 1.807) is 6.92 Å². The smallest absolute Gasteiger partial charge is 0.237 e. The van der Waals surface area contributed by atoms with E-state index in [0.717, 1.165) is 25.7 Å². The van der Waals surface area contributed by atoms with E-state index in [1.165, 1.54) is 0 Å². The van der Waals surface area contributed by atoms with Gasteiger partial charge in [-0.1, -0.05) is 19.8 Å². The zero-order chi connectivity index (χ0) is 14.5. The third-order valence-corrected chi connectivity index (χ3v) is 4.03. The van der Waals surface area contributed by atoms with Crippen molar-refractivity contribution in [2.45, 2.75) is 58.1 Å². The summed E-state index contributed by atoms with van der Waals surface area (Å²) in [5.41, 5.74) is -0.363. The number of carbonyl (C=O) groups excluding carboxylic acids is 1. The second kappa shape index (κ2) is 6.40. The van der Waals surface area contributed by atoms with E-state index in [4.69, 9.17) is 6.42 Å². The van der Waals surface area contributed by atoms with E-state index in [-0.39, 0.29) is 18.5 Å². The average molecular weight is 266 g/mol. The monoisotopic (exact) mass is 266 g/mol. The normalized spacial score (nSPS) is 22.3. The topological polar surface area (TPSA) is 61.4 Å². The molecule has 0 aliphatic heterocycles. The highest BCUT2D eigenvalue weighted by Crippen LogP contribution is 2.39. The molecule has 0 spiro atoms. The Morgan fingerprint density at radius 1 is 1.37 bits per heavy atom. The molecule has 0 saturated heterocycles. The summed E-state index contributed by atoms with van der Waals surface area (Å²) in [7, 11) is 0. The third-order valence-electron chi connectivity index (χ3n) is 4.03. The van der Waals surface area contributed by atoms with Crippen molar-refractivity contribution in [2.24, 2.45) is 5.41 Å². The fourth-order valence-corrected chi connectivity index (χ4v) is 2.30. The van der Waals surface area contributed by atoms with Crippen LogP contribution in [0.25, 0.3) is 0 Å². The first-order valence-corrected chi connectivity index (χ1v) is 6.95. The van der Waals surface area contributed by atoms with Crippen LogP contribution >= 0.6 is 0 Å². The number of carbonyl (C=O) groups is 1. The standard InChI is InChI=1S/C15H26N2O2/c1-5-10-16-13(18)12(2)17-11-15(19)8-6-14(3,4)7-9-15/h1,12,17,19H,6-11H2,2-4H3,(H,16,18). The zero-order valence-electron chi connectivity index (χ0n) is 12.3. The number of aliphatic hydroxyl groups is 1. The third kappa shape index (κ3) is 5.22. The van der Waals surface area contributed by atoms with Crippen molar-refractivity contribution in [3.05, 3.63) is 0 Å². The Hall–Kier alpha value is -1.05. The van der Waals surface area contributed by atoms with Gasteiger partial charge < -0.3 is 15.7 Å². The molecule has 0 radical (unpaired) electrons. The van der Waals surface area contributed by atoms with E-state index in [0.29, 0.717) is 12.0 Å². The van der Waals surface area contributed by atoms with E-state index < -0.39 is 5.60 Å². The number of rotatable bonds is 5. The lowest BCUT2D eigenvalue weighted by atomic mass is 9.71. The largest absolute Gasteiger partial charge is 0.389 e. The highest BCUT2D eigenvalue weighted by Gasteiger charge is 2.36. The van der Waals surface area contributed by atoms with Crippen LogP contribution in [0.2, 0.25) is 0 Å². The van der Waals surface area contributed by atoms with Crippen LogP contribution in [0.5, 0.6) is 0 Å². The number of hydrogen-bond acceptors (Lipinski definition) is 3. The van der Waals surface area contributed by atoms with Gasteiger partial charge in [-0.05, 0) is 38.0 Å². The van der Waals surface area contributed by atoms with Gasteiger partial charge in [0.25, 0.3) is 0 Å². The lowest BCUT2D eigenvalue weighted by Crippen LogP contribution is -2.51. The fraction of sp³-hybridized carbons (Fsp3) is 0.800. The fourth-order valence-electron chi connectivity index (χ4n) is 2.30. The molecule has 1 fully saturated rings. The van der Waals surface area contributed by atoms with Crippen LogP contribution in [0, 0.1) is 17.8 Å². The van der Waals surface area contributed by atoms with E-state index in [1.807, 2.05) is 0 Å². The van der Waals surface area contributed by atoms with Crippen molar-refractivity contribution in [1.82, 2.24) is 10.6 Å². The lowest BCUT2D eigenvalue weighted by molar-refractivity contribution is -0.122. The van der Waals surface area contributed by atoms with Crippen molar-refractivity contribution in [3.63, 3.8) is 0 Å². The van der Waals surface area contributed by atoms with Crippen molar-refractivity contribution in [1.29, 1.82) is 0 Å². The molecule has 0 aromatic carbocycles. The molecule has 4 heteroatoms. The molecule has 4 nitrogen and oxygen atoms in total. The van der Waals surface area contributed by atoms with Gasteiger partial charge in [-0.2, -0.15) is 0 Å². The molecule has 0 aromatic heterocycles. The minimum Gasteiger partial charge on any atom is -0.389 e. The molecule has 1 saturated carbocycles. The predicted octanol–water partition coefficient (Wildman–Crippen LogP) is 1.05. The first kappa shape index (κ1) is 16.0. The predicted molar refractivity (Wildman–Crippen MR) is 76.5 cm³/mol. The molecule has 0 aromatic rings. The second-order valence-corrected chi connectivity index (χ2v) is 6.41. The molecule has 108 valence electrons. The maximum atomic E-state index is 11.6. The van der Waals surface area contributed by atoms with Gasteiger partial charge in [0.1, 0.15) is 0 Å². The van der Waals surface area contributed by atoms with Crippen LogP contribution in [0.1, 0.15) is 46.5 Å². The molecule has 1 amide bonds. The molecule has 1 aliphatic carbocycles. The van der Waals surface area contributed by atoms with Crippen molar-refractivity contribution in [2.75, 3.05) is 13.1 Å². The summed E-state index contributed by atoms with van der Waals surface area (Å²) in [6.07, 6.45) is 8.69. The molecule has 3 N–H and O–H groups in total. The SMILES string of the molecule is C#CCNC(=O)C(C)NCC1(O)CCC(C)(C)CC1. The maximum Gasteiger partial charge on any atom is 0.237 e. The Balaban J connectivity index is 2.36. The van der Waals surface area contributed by atoms with E-state index in [9.17, 15) is 9.90 Å². The summed E-state index contributed by atoms with van der Waals surface area (Å²) in [5.74, 6) is 2.24. The summed E-state index contributed by atoms with van der Waals surface area (Å²) < 4.78 is 0. The summed E-state index contributed by atoms with van der Waals surface area (Å²) in [4.78, 5) is 11.6. The Labute approximate surface area is 116 Å². The summed E-state index contributed by atoms with van der Waals surface area (Å²) in [6, 6.07) is -0.340. The molecule has 1 aliphatic rings. The molecule has 1 rings (SSSR count). The number of nitrogens with one attached hydrogen (secondary N) is 2.